The van der Waals surface area contributed by atoms with Crippen LogP contribution in [0.5, 0.6) is 0 Å². The number of hydrogen-bond acceptors (Lipinski definition) is 7. The Kier molecular flexibility index (Phi) is 16.3. The smallest absolute Gasteiger partial charge is 0.322 e. The van der Waals surface area contributed by atoms with Crippen LogP contribution in [0.2, 0.25) is 0 Å². The highest BCUT2D eigenvalue weighted by molar-refractivity contribution is 7.86. The van der Waals surface area contributed by atoms with E-state index in [1.54, 1.807) is 0 Å². The van der Waals surface area contributed by atoms with Crippen LogP contribution in [0.15, 0.2) is 30.3 Å². The van der Waals surface area contributed by atoms with Gasteiger partial charge >= 0.3 is 22.1 Å². The summed E-state index contributed by atoms with van der Waals surface area (Å²) in [5.74, 6) is -2.47. The lowest BCUT2D eigenvalue weighted by Gasteiger charge is -2.34. The maximum atomic E-state index is 12.7. The minimum absolute atomic E-state index is 0.0241. The molecule has 0 aliphatic carbocycles. The van der Waals surface area contributed by atoms with Crippen molar-refractivity contribution in [2.45, 2.75) is 102 Å². The molecule has 0 saturated carbocycles. The Balaban J connectivity index is 3.16. The van der Waals surface area contributed by atoms with Crippen LogP contribution in [-0.2, 0) is 35.7 Å². The molecule has 0 aromatic heterocycles. The fourth-order valence-electron chi connectivity index (χ4n) is 4.14. The quantitative estimate of drug-likeness (QED) is 0.0830. The molecule has 0 bridgehead atoms. The molecular formula is C27H45NO9S. The summed E-state index contributed by atoms with van der Waals surface area (Å²) in [4.78, 5) is 23.0. The molecule has 218 valence electrons. The zero-order chi connectivity index (χ0) is 28.4. The number of carbonyl (C=O) groups is 2. The Morgan fingerprint density at radius 2 is 1.55 bits per heavy atom. The van der Waals surface area contributed by atoms with Crippen molar-refractivity contribution >= 4 is 22.1 Å². The van der Waals surface area contributed by atoms with Crippen molar-refractivity contribution in [1.82, 2.24) is 5.32 Å². The topological polar surface area (TPSA) is 159 Å². The SMILES string of the molecule is CCCCOC(CC(CCCCCC(=O)O)CC(NCc1ccccc1)C(=O)O)(OCCCC)S(=O)(=O)O. The maximum Gasteiger partial charge on any atom is 0.322 e. The monoisotopic (exact) mass is 559 g/mol. The highest BCUT2D eigenvalue weighted by Crippen LogP contribution is 2.34. The molecule has 11 heteroatoms. The predicted molar refractivity (Wildman–Crippen MR) is 144 cm³/mol. The summed E-state index contributed by atoms with van der Waals surface area (Å²) in [5, 5.41) is 19.6. The summed E-state index contributed by atoms with van der Waals surface area (Å²) in [6, 6.07) is 8.34. The number of aliphatic carboxylic acids is 2. The molecular weight excluding hydrogens is 514 g/mol. The third-order valence-corrected chi connectivity index (χ3v) is 7.53. The number of nitrogens with one attached hydrogen (secondary N) is 1. The number of unbranched alkanes of at least 4 members (excludes halogenated alkanes) is 4. The van der Waals surface area contributed by atoms with Crippen LogP contribution in [-0.4, -0.2) is 59.5 Å². The van der Waals surface area contributed by atoms with Gasteiger partial charge < -0.3 is 25.0 Å². The molecule has 38 heavy (non-hydrogen) atoms. The van der Waals surface area contributed by atoms with Gasteiger partial charge in [0.1, 0.15) is 6.04 Å². The first-order valence-corrected chi connectivity index (χ1v) is 15.0. The molecule has 0 spiro atoms. The number of carboxylic acid groups (broad SMARTS) is 2. The van der Waals surface area contributed by atoms with Crippen molar-refractivity contribution in [1.29, 1.82) is 0 Å². The molecule has 0 heterocycles. The largest absolute Gasteiger partial charge is 0.481 e. The van der Waals surface area contributed by atoms with Crippen LogP contribution in [0, 0.1) is 5.92 Å². The molecule has 1 aromatic rings. The lowest BCUT2D eigenvalue weighted by molar-refractivity contribution is -0.193. The van der Waals surface area contributed by atoms with E-state index in [-0.39, 0.29) is 32.5 Å². The van der Waals surface area contributed by atoms with E-state index in [4.69, 9.17) is 14.6 Å². The zero-order valence-electron chi connectivity index (χ0n) is 22.6. The maximum absolute atomic E-state index is 12.7. The van der Waals surface area contributed by atoms with Gasteiger partial charge in [-0.2, -0.15) is 8.42 Å². The van der Waals surface area contributed by atoms with Crippen LogP contribution in [0.1, 0.15) is 90.0 Å². The average Bonchev–Trinajstić information content (AvgIpc) is 2.85. The lowest BCUT2D eigenvalue weighted by atomic mass is 9.90. The Morgan fingerprint density at radius 1 is 0.947 bits per heavy atom. The highest BCUT2D eigenvalue weighted by Gasteiger charge is 2.48. The van der Waals surface area contributed by atoms with Gasteiger partial charge in [-0.15, -0.1) is 0 Å². The Hall–Kier alpha value is -2.05. The van der Waals surface area contributed by atoms with Crippen molar-refractivity contribution in [2.75, 3.05) is 13.2 Å². The first-order valence-electron chi connectivity index (χ1n) is 13.5. The van der Waals surface area contributed by atoms with Crippen molar-refractivity contribution < 1.29 is 42.2 Å². The molecule has 0 saturated heterocycles. The van der Waals surface area contributed by atoms with E-state index in [0.29, 0.717) is 45.1 Å². The Morgan fingerprint density at radius 3 is 2.05 bits per heavy atom. The van der Waals surface area contributed by atoms with Gasteiger partial charge in [0.2, 0.25) is 0 Å². The summed E-state index contributed by atoms with van der Waals surface area (Å²) in [5.41, 5.74) is 0.905. The minimum Gasteiger partial charge on any atom is -0.481 e. The van der Waals surface area contributed by atoms with E-state index in [9.17, 15) is 27.7 Å². The van der Waals surface area contributed by atoms with E-state index in [2.05, 4.69) is 5.32 Å². The number of carboxylic acids is 2. The predicted octanol–water partition coefficient (Wildman–Crippen LogP) is 4.84. The van der Waals surface area contributed by atoms with Gasteiger partial charge in [0.15, 0.2) is 0 Å². The standard InChI is InChI=1S/C27H45NO9S/c1-3-5-17-36-27(38(33,34)35,37-18-6-4-2)20-23(15-11-8-12-16-25(29)30)19-24(26(31)32)28-21-22-13-9-7-10-14-22/h7,9-10,13-14,23-24,28H,3-6,8,11-12,15-21H2,1-2H3,(H,29,30)(H,31,32)(H,33,34,35). The van der Waals surface area contributed by atoms with Crippen LogP contribution in [0.4, 0.5) is 0 Å². The van der Waals surface area contributed by atoms with Crippen LogP contribution < -0.4 is 5.32 Å². The van der Waals surface area contributed by atoms with Gasteiger partial charge in [-0.3, -0.25) is 14.1 Å². The number of ether oxygens (including phenoxy) is 2. The average molecular weight is 560 g/mol. The van der Waals surface area contributed by atoms with Crippen LogP contribution in [0.25, 0.3) is 0 Å². The third-order valence-electron chi connectivity index (χ3n) is 6.34. The molecule has 1 rings (SSSR count). The molecule has 2 atom stereocenters. The van der Waals surface area contributed by atoms with E-state index < -0.39 is 39.1 Å². The minimum atomic E-state index is -4.83. The van der Waals surface area contributed by atoms with E-state index in [1.807, 2.05) is 44.2 Å². The molecule has 0 aliphatic heterocycles. The normalized spacial score (nSPS) is 13.8. The van der Waals surface area contributed by atoms with Crippen molar-refractivity contribution in [3.8, 4) is 0 Å². The molecule has 0 aliphatic rings. The molecule has 2 unspecified atom stereocenters. The van der Waals surface area contributed by atoms with Gasteiger partial charge in [-0.1, -0.05) is 76.3 Å². The molecule has 4 N–H and O–H groups in total. The van der Waals surface area contributed by atoms with Gasteiger partial charge in [0.05, 0.1) is 13.2 Å². The summed E-state index contributed by atoms with van der Waals surface area (Å²) in [6.45, 7) is 4.27. The van der Waals surface area contributed by atoms with Gasteiger partial charge in [0, 0.05) is 19.4 Å². The number of hydrogen-bond donors (Lipinski definition) is 4. The van der Waals surface area contributed by atoms with Crippen molar-refractivity contribution in [3.05, 3.63) is 35.9 Å². The van der Waals surface area contributed by atoms with E-state index in [1.165, 1.54) is 0 Å². The van der Waals surface area contributed by atoms with E-state index in [0.717, 1.165) is 18.4 Å². The summed E-state index contributed by atoms with van der Waals surface area (Å²) in [7, 11) is -4.83. The number of rotatable bonds is 23. The Labute approximate surface area is 226 Å². The van der Waals surface area contributed by atoms with Crippen LogP contribution >= 0.6 is 0 Å². The highest BCUT2D eigenvalue weighted by atomic mass is 32.2. The lowest BCUT2D eigenvalue weighted by Crippen LogP contribution is -2.47. The van der Waals surface area contributed by atoms with Gasteiger partial charge in [0.25, 0.3) is 5.12 Å². The zero-order valence-corrected chi connectivity index (χ0v) is 23.5. The van der Waals surface area contributed by atoms with Gasteiger partial charge in [-0.05, 0) is 37.2 Å². The van der Waals surface area contributed by atoms with Crippen LogP contribution in [0.3, 0.4) is 0 Å². The van der Waals surface area contributed by atoms with Crippen molar-refractivity contribution in [3.63, 3.8) is 0 Å². The Bertz CT molecular complexity index is 898. The molecule has 1 aromatic carbocycles. The second-order valence-electron chi connectivity index (χ2n) is 9.62. The van der Waals surface area contributed by atoms with E-state index >= 15 is 0 Å². The summed E-state index contributed by atoms with van der Waals surface area (Å²) in [6.07, 6.45) is 4.50. The second-order valence-corrected chi connectivity index (χ2v) is 11.2. The fraction of sp³-hybridized carbons (Fsp3) is 0.704. The number of benzene rings is 1. The first-order chi connectivity index (χ1) is 18.0. The molecule has 0 radical (unpaired) electrons. The third kappa shape index (κ3) is 13.1. The second kappa shape index (κ2) is 18.3. The molecule has 0 fully saturated rings. The summed E-state index contributed by atoms with van der Waals surface area (Å²) >= 11 is 0. The summed E-state index contributed by atoms with van der Waals surface area (Å²) < 4.78 is 47.1. The van der Waals surface area contributed by atoms with Crippen molar-refractivity contribution in [2.24, 2.45) is 5.92 Å². The first kappa shape index (κ1) is 34.0. The molecule has 10 nitrogen and oxygen atoms in total. The van der Waals surface area contributed by atoms with Gasteiger partial charge in [-0.25, -0.2) is 0 Å². The fourth-order valence-corrected chi connectivity index (χ4v) is 5.05. The molecule has 0 amide bonds.